The number of rotatable bonds is 5. The molecule has 0 aliphatic rings. The Bertz CT molecular complexity index is 2820. The number of hydrogen-bond acceptors (Lipinski definition) is 1. The predicted octanol–water partition coefficient (Wildman–Crippen LogP) is 12.8. The third-order valence-corrected chi connectivity index (χ3v) is 10.0. The van der Waals surface area contributed by atoms with Crippen LogP contribution in [-0.2, 0) is 6.42 Å². The highest BCUT2D eigenvalue weighted by Gasteiger charge is 2.17. The summed E-state index contributed by atoms with van der Waals surface area (Å²) in [5, 5.41) is 7.42. The van der Waals surface area contributed by atoms with Gasteiger partial charge in [-0.2, -0.15) is 0 Å². The predicted molar refractivity (Wildman–Crippen MR) is 206 cm³/mol. The Hall–Kier alpha value is -6.38. The van der Waals surface area contributed by atoms with E-state index >= 15 is 0 Å². The summed E-state index contributed by atoms with van der Waals surface area (Å²) < 4.78 is 8.85. The highest BCUT2D eigenvalue weighted by molar-refractivity contribution is 6.20. The molecule has 0 atom stereocenters. The Kier molecular flexibility index (Phi) is 6.28. The van der Waals surface area contributed by atoms with Gasteiger partial charge in [-0.15, -0.1) is 0 Å². The molecule has 0 saturated carbocycles. The lowest BCUT2D eigenvalue weighted by Crippen LogP contribution is -1.92. The number of nitrogens with zero attached hydrogens (tertiary/aromatic N) is 1. The Labute approximate surface area is 284 Å². The molecule has 0 bridgehead atoms. The second kappa shape index (κ2) is 11.1. The van der Waals surface area contributed by atoms with E-state index in [9.17, 15) is 0 Å². The van der Waals surface area contributed by atoms with Gasteiger partial charge in [0.05, 0.1) is 11.0 Å². The summed E-state index contributed by atoms with van der Waals surface area (Å²) in [7, 11) is 0. The van der Waals surface area contributed by atoms with Crippen molar-refractivity contribution in [2.75, 3.05) is 0 Å². The van der Waals surface area contributed by atoms with Crippen molar-refractivity contribution in [3.63, 3.8) is 0 Å². The van der Waals surface area contributed by atoms with Gasteiger partial charge in [0.1, 0.15) is 11.2 Å². The molecule has 0 radical (unpaired) electrons. The van der Waals surface area contributed by atoms with Crippen molar-refractivity contribution < 1.29 is 4.42 Å². The van der Waals surface area contributed by atoms with Crippen molar-refractivity contribution in [3.8, 4) is 27.9 Å². The van der Waals surface area contributed by atoms with Crippen molar-refractivity contribution in [1.29, 1.82) is 0 Å². The molecular weight excluding hydrogens is 595 g/mol. The number of benzene rings is 8. The summed E-state index contributed by atoms with van der Waals surface area (Å²) in [5.41, 5.74) is 12.9. The van der Waals surface area contributed by atoms with Crippen LogP contribution in [0.5, 0.6) is 0 Å². The maximum atomic E-state index is 6.48. The third-order valence-electron chi connectivity index (χ3n) is 10.0. The fourth-order valence-corrected chi connectivity index (χ4v) is 7.77. The quantitative estimate of drug-likeness (QED) is 0.186. The Morgan fingerprint density at radius 3 is 1.90 bits per heavy atom. The van der Waals surface area contributed by atoms with Gasteiger partial charge in [-0.1, -0.05) is 140 Å². The van der Waals surface area contributed by atoms with Crippen molar-refractivity contribution in [2.45, 2.75) is 6.42 Å². The molecule has 0 saturated heterocycles. The Balaban J connectivity index is 0.991. The molecule has 10 aromatic rings. The standard InChI is InChI=1S/C47H31NO/c1-2-12-37(13-3-1)48-42-18-8-6-15-40(42)45-38(17-10-19-43(45)48)34-27-25-33(26-28-34)32-23-21-31(22-24-32)29-36-30-35-11-4-5-14-39(35)46-41-16-7-9-20-44(41)49-47(36)46/h1-28,30H,29H2. The highest BCUT2D eigenvalue weighted by atomic mass is 16.3. The Morgan fingerprint density at radius 2 is 1.08 bits per heavy atom. The summed E-state index contributed by atoms with van der Waals surface area (Å²) in [6, 6.07) is 63.4. The molecule has 0 aliphatic heterocycles. The first-order valence-corrected chi connectivity index (χ1v) is 16.9. The number of fused-ring (bicyclic) bond motifs is 8. The van der Waals surface area contributed by atoms with Gasteiger partial charge in [-0.05, 0) is 75.0 Å². The van der Waals surface area contributed by atoms with Crippen molar-refractivity contribution in [2.24, 2.45) is 0 Å². The normalized spacial score (nSPS) is 11.8. The van der Waals surface area contributed by atoms with Crippen LogP contribution in [0, 0.1) is 0 Å². The minimum Gasteiger partial charge on any atom is -0.456 e. The van der Waals surface area contributed by atoms with Crippen LogP contribution in [0.2, 0.25) is 0 Å². The molecule has 0 amide bonds. The van der Waals surface area contributed by atoms with E-state index in [2.05, 4.69) is 174 Å². The molecular formula is C47H31NO. The van der Waals surface area contributed by atoms with Crippen molar-refractivity contribution in [1.82, 2.24) is 4.57 Å². The number of furan rings is 1. The summed E-state index contributed by atoms with van der Waals surface area (Å²) in [6.07, 6.45) is 0.807. The van der Waals surface area contributed by atoms with Crippen LogP contribution in [0.15, 0.2) is 180 Å². The molecule has 0 aliphatic carbocycles. The lowest BCUT2D eigenvalue weighted by Gasteiger charge is -2.10. The number of para-hydroxylation sites is 3. The molecule has 0 unspecified atom stereocenters. The molecule has 0 N–H and O–H groups in total. The van der Waals surface area contributed by atoms with E-state index in [1.807, 2.05) is 6.07 Å². The minimum atomic E-state index is 0.807. The van der Waals surface area contributed by atoms with E-state index in [1.165, 1.54) is 82.4 Å². The van der Waals surface area contributed by atoms with Crippen LogP contribution in [0.25, 0.3) is 82.5 Å². The van der Waals surface area contributed by atoms with Crippen molar-refractivity contribution in [3.05, 3.63) is 187 Å². The maximum absolute atomic E-state index is 6.48. The summed E-state index contributed by atoms with van der Waals surface area (Å²) in [5.74, 6) is 0. The smallest absolute Gasteiger partial charge is 0.139 e. The van der Waals surface area contributed by atoms with E-state index in [1.54, 1.807) is 0 Å². The molecule has 230 valence electrons. The monoisotopic (exact) mass is 625 g/mol. The zero-order valence-corrected chi connectivity index (χ0v) is 26.8. The molecule has 8 aromatic carbocycles. The van der Waals surface area contributed by atoms with Gasteiger partial charge in [0.2, 0.25) is 0 Å². The molecule has 0 spiro atoms. The Morgan fingerprint density at radius 1 is 0.449 bits per heavy atom. The first-order valence-electron chi connectivity index (χ1n) is 16.9. The number of hydrogen-bond donors (Lipinski definition) is 0. The molecule has 0 fully saturated rings. The van der Waals surface area contributed by atoms with Crippen LogP contribution in [-0.4, -0.2) is 4.57 Å². The largest absolute Gasteiger partial charge is 0.456 e. The third kappa shape index (κ3) is 4.49. The molecule has 2 heterocycles. The molecule has 10 rings (SSSR count). The van der Waals surface area contributed by atoms with E-state index < -0.39 is 0 Å². The first kappa shape index (κ1) is 27.7. The van der Waals surface area contributed by atoms with E-state index in [0.717, 1.165) is 17.6 Å². The summed E-state index contributed by atoms with van der Waals surface area (Å²) in [6.45, 7) is 0. The van der Waals surface area contributed by atoms with Crippen molar-refractivity contribution >= 4 is 54.5 Å². The van der Waals surface area contributed by atoms with Crippen LogP contribution in [0.1, 0.15) is 11.1 Å². The van der Waals surface area contributed by atoms with Gasteiger partial charge < -0.3 is 8.98 Å². The van der Waals surface area contributed by atoms with Gasteiger partial charge in [0.25, 0.3) is 0 Å². The van der Waals surface area contributed by atoms with E-state index in [-0.39, 0.29) is 0 Å². The lowest BCUT2D eigenvalue weighted by atomic mass is 9.95. The fraction of sp³-hybridized carbons (Fsp3) is 0.0213. The fourth-order valence-electron chi connectivity index (χ4n) is 7.77. The molecule has 49 heavy (non-hydrogen) atoms. The maximum Gasteiger partial charge on any atom is 0.139 e. The molecule has 2 heteroatoms. The zero-order valence-electron chi connectivity index (χ0n) is 26.8. The van der Waals surface area contributed by atoms with Gasteiger partial charge in [0, 0.05) is 39.2 Å². The summed E-state index contributed by atoms with van der Waals surface area (Å²) in [4.78, 5) is 0. The van der Waals surface area contributed by atoms with Crippen LogP contribution >= 0.6 is 0 Å². The second-order valence-corrected chi connectivity index (χ2v) is 12.9. The second-order valence-electron chi connectivity index (χ2n) is 12.9. The van der Waals surface area contributed by atoms with E-state index in [4.69, 9.17) is 4.42 Å². The molecule has 2 nitrogen and oxygen atoms in total. The average Bonchev–Trinajstić information content (AvgIpc) is 3.73. The molecule has 2 aromatic heterocycles. The van der Waals surface area contributed by atoms with Crippen LogP contribution in [0.3, 0.4) is 0 Å². The number of aromatic nitrogens is 1. The van der Waals surface area contributed by atoms with Gasteiger partial charge >= 0.3 is 0 Å². The summed E-state index contributed by atoms with van der Waals surface area (Å²) >= 11 is 0. The van der Waals surface area contributed by atoms with Gasteiger partial charge in [0.15, 0.2) is 0 Å². The minimum absolute atomic E-state index is 0.807. The van der Waals surface area contributed by atoms with Gasteiger partial charge in [-0.25, -0.2) is 0 Å². The van der Waals surface area contributed by atoms with Crippen LogP contribution in [0.4, 0.5) is 0 Å². The van der Waals surface area contributed by atoms with Crippen LogP contribution < -0.4 is 0 Å². The van der Waals surface area contributed by atoms with E-state index in [0.29, 0.717) is 0 Å². The average molecular weight is 626 g/mol. The first-order chi connectivity index (χ1) is 24.3. The SMILES string of the molecule is c1ccc(-n2c3ccccc3c3c(-c4ccc(-c5ccc(Cc6cc7ccccc7c7c6oc6ccccc67)cc5)cc4)cccc32)cc1. The zero-order chi connectivity index (χ0) is 32.3. The lowest BCUT2D eigenvalue weighted by molar-refractivity contribution is 0.664. The van der Waals surface area contributed by atoms with Gasteiger partial charge in [-0.3, -0.25) is 0 Å². The topological polar surface area (TPSA) is 18.1 Å². The highest BCUT2D eigenvalue weighted by Crippen LogP contribution is 2.40.